The van der Waals surface area contributed by atoms with Crippen molar-refractivity contribution in [3.63, 3.8) is 0 Å². The monoisotopic (exact) mass is 585 g/mol. The van der Waals surface area contributed by atoms with Crippen LogP contribution in [0.2, 0.25) is 5.02 Å². The van der Waals surface area contributed by atoms with Crippen LogP contribution < -0.4 is 4.74 Å². The van der Waals surface area contributed by atoms with E-state index in [1.807, 2.05) is 21.9 Å². The second-order valence-electron chi connectivity index (χ2n) is 13.2. The summed E-state index contributed by atoms with van der Waals surface area (Å²) in [6.07, 6.45) is 6.28. The van der Waals surface area contributed by atoms with Crippen LogP contribution in [-0.4, -0.2) is 82.3 Å². The SMILES string of the molecule is CC(=O)N1CC[C@H](Oc2ccc(Cl)c3c2[C@@H](CN2CC4(CC4)CC2=O)N(C(=O)[C@@H]2CCCC[C@]2(C)C(=O)O)CC3)C1. The highest BCUT2D eigenvalue weighted by Gasteiger charge is 2.54. The Kier molecular flexibility index (Phi) is 7.23. The van der Waals surface area contributed by atoms with E-state index >= 15 is 0 Å². The Labute approximate surface area is 246 Å². The number of ether oxygens (including phenoxy) is 1. The summed E-state index contributed by atoms with van der Waals surface area (Å²) in [5.74, 6) is -0.984. The quantitative estimate of drug-likeness (QED) is 0.539. The van der Waals surface area contributed by atoms with Crippen molar-refractivity contribution in [2.45, 2.75) is 83.8 Å². The largest absolute Gasteiger partial charge is 0.488 e. The van der Waals surface area contributed by atoms with Gasteiger partial charge in [-0.05, 0) is 62.1 Å². The van der Waals surface area contributed by atoms with Crippen LogP contribution >= 0.6 is 11.6 Å². The molecule has 4 fully saturated rings. The van der Waals surface area contributed by atoms with Gasteiger partial charge >= 0.3 is 5.97 Å². The lowest BCUT2D eigenvalue weighted by Crippen LogP contribution is -2.52. The maximum absolute atomic E-state index is 14.4. The maximum atomic E-state index is 14.4. The number of likely N-dealkylation sites (tertiary alicyclic amines) is 2. The Bertz CT molecular complexity index is 1280. The Morgan fingerprint density at radius 1 is 1.12 bits per heavy atom. The van der Waals surface area contributed by atoms with Crippen molar-refractivity contribution in [1.82, 2.24) is 14.7 Å². The van der Waals surface area contributed by atoms with Crippen LogP contribution in [-0.2, 0) is 25.6 Å². The summed E-state index contributed by atoms with van der Waals surface area (Å²) in [5, 5.41) is 10.8. The number of fused-ring (bicyclic) bond motifs is 1. The van der Waals surface area contributed by atoms with Gasteiger partial charge in [0, 0.05) is 56.5 Å². The van der Waals surface area contributed by atoms with E-state index in [2.05, 4.69) is 0 Å². The number of amides is 3. The number of halogens is 1. The fraction of sp³-hybridized carbons (Fsp3) is 0.677. The van der Waals surface area contributed by atoms with E-state index in [-0.39, 0.29) is 29.2 Å². The molecule has 222 valence electrons. The second kappa shape index (κ2) is 10.5. The molecule has 4 atom stereocenters. The van der Waals surface area contributed by atoms with Crippen LogP contribution in [0.15, 0.2) is 12.1 Å². The first kappa shape index (κ1) is 28.3. The molecule has 1 aromatic carbocycles. The number of carbonyl (C=O) groups excluding carboxylic acids is 3. The van der Waals surface area contributed by atoms with E-state index in [1.54, 1.807) is 18.7 Å². The molecule has 0 unspecified atom stereocenters. The standard InChI is InChI=1S/C31H40ClN3O6/c1-19(36)33-13-8-20(16-33)41-25-7-6-23(32)21-9-14-35(28(38)22-5-3-4-10-30(22,2)29(39)40)24(27(21)25)17-34-18-31(11-12-31)15-26(34)37/h6-7,20,22,24H,3-5,8-18H2,1-2H3,(H,39,40)/t20-,22-,24+,30-/m0/s1. The Hall–Kier alpha value is -2.81. The minimum atomic E-state index is -1.13. The molecule has 9 nitrogen and oxygen atoms in total. The predicted molar refractivity (Wildman–Crippen MR) is 151 cm³/mol. The van der Waals surface area contributed by atoms with Gasteiger partial charge in [-0.15, -0.1) is 0 Å². The fourth-order valence-electron chi connectivity index (χ4n) is 7.68. The molecular weight excluding hydrogens is 546 g/mol. The van der Waals surface area contributed by atoms with Crippen molar-refractivity contribution in [1.29, 1.82) is 0 Å². The van der Waals surface area contributed by atoms with Gasteiger partial charge in [0.1, 0.15) is 11.9 Å². The van der Waals surface area contributed by atoms with Gasteiger partial charge in [0.05, 0.1) is 23.9 Å². The van der Waals surface area contributed by atoms with Crippen molar-refractivity contribution in [2.75, 3.05) is 32.7 Å². The molecule has 0 aromatic heterocycles. The molecule has 3 aliphatic heterocycles. The minimum absolute atomic E-state index is 0.0133. The number of aliphatic carboxylic acids is 1. The highest BCUT2D eigenvalue weighted by atomic mass is 35.5. The summed E-state index contributed by atoms with van der Waals surface area (Å²) < 4.78 is 6.55. The van der Waals surface area contributed by atoms with E-state index in [0.29, 0.717) is 75.6 Å². The summed E-state index contributed by atoms with van der Waals surface area (Å²) in [7, 11) is 0. The molecule has 41 heavy (non-hydrogen) atoms. The number of nitrogens with zero attached hydrogens (tertiary/aromatic N) is 3. The lowest BCUT2D eigenvalue weighted by molar-refractivity contribution is -0.162. The van der Waals surface area contributed by atoms with Gasteiger partial charge in [0.15, 0.2) is 0 Å². The summed E-state index contributed by atoms with van der Waals surface area (Å²) >= 11 is 6.75. The van der Waals surface area contributed by atoms with Crippen molar-refractivity contribution >= 4 is 35.3 Å². The van der Waals surface area contributed by atoms with Crippen molar-refractivity contribution in [3.05, 3.63) is 28.3 Å². The molecule has 1 aromatic rings. The molecular formula is C31H40ClN3O6. The molecule has 3 heterocycles. The summed E-state index contributed by atoms with van der Waals surface area (Å²) in [6.45, 7) is 5.80. The van der Waals surface area contributed by atoms with Crippen molar-refractivity contribution in [3.8, 4) is 5.75 Å². The molecule has 1 N–H and O–H groups in total. The summed E-state index contributed by atoms with van der Waals surface area (Å²) in [4.78, 5) is 57.4. The number of benzene rings is 1. The van der Waals surface area contributed by atoms with Gasteiger partial charge in [-0.25, -0.2) is 0 Å². The van der Waals surface area contributed by atoms with Crippen LogP contribution in [0.5, 0.6) is 5.75 Å². The number of carboxylic acids is 1. The third-order valence-electron chi connectivity index (χ3n) is 10.5. The Balaban J connectivity index is 1.37. The number of rotatable bonds is 6. The van der Waals surface area contributed by atoms with E-state index < -0.39 is 23.3 Å². The van der Waals surface area contributed by atoms with Gasteiger partial charge in [-0.1, -0.05) is 24.4 Å². The zero-order chi connectivity index (χ0) is 29.1. The minimum Gasteiger partial charge on any atom is -0.488 e. The lowest BCUT2D eigenvalue weighted by Gasteiger charge is -2.45. The Morgan fingerprint density at radius 3 is 2.56 bits per heavy atom. The molecule has 10 heteroatoms. The third kappa shape index (κ3) is 5.08. The molecule has 5 aliphatic rings. The van der Waals surface area contributed by atoms with Crippen LogP contribution in [0.25, 0.3) is 0 Å². The molecule has 2 aliphatic carbocycles. The number of hydrogen-bond donors (Lipinski definition) is 1. The van der Waals surface area contributed by atoms with E-state index in [1.165, 1.54) is 0 Å². The second-order valence-corrected chi connectivity index (χ2v) is 13.6. The molecule has 0 bridgehead atoms. The van der Waals surface area contributed by atoms with E-state index in [9.17, 15) is 24.3 Å². The molecule has 6 rings (SSSR count). The first-order chi connectivity index (χ1) is 19.5. The molecule has 0 radical (unpaired) electrons. The average Bonchev–Trinajstić information content (AvgIpc) is 3.38. The third-order valence-corrected chi connectivity index (χ3v) is 10.8. The molecule has 2 saturated carbocycles. The van der Waals surface area contributed by atoms with Gasteiger partial charge < -0.3 is 24.5 Å². The normalized spacial score (nSPS) is 30.5. The number of carboxylic acid groups (broad SMARTS) is 1. The lowest BCUT2D eigenvalue weighted by atomic mass is 9.66. The fourth-order valence-corrected chi connectivity index (χ4v) is 7.94. The Morgan fingerprint density at radius 2 is 1.90 bits per heavy atom. The van der Waals surface area contributed by atoms with Crippen molar-refractivity contribution < 1.29 is 29.0 Å². The van der Waals surface area contributed by atoms with Gasteiger partial charge in [-0.2, -0.15) is 0 Å². The molecule has 1 spiro atoms. The van der Waals surface area contributed by atoms with E-state index in [0.717, 1.165) is 36.8 Å². The van der Waals surface area contributed by atoms with Crippen LogP contribution in [0.4, 0.5) is 0 Å². The number of hydrogen-bond acceptors (Lipinski definition) is 5. The van der Waals surface area contributed by atoms with Crippen LogP contribution in [0.1, 0.15) is 82.4 Å². The highest BCUT2D eigenvalue weighted by Crippen LogP contribution is 2.54. The maximum Gasteiger partial charge on any atom is 0.310 e. The highest BCUT2D eigenvalue weighted by molar-refractivity contribution is 6.31. The summed E-state index contributed by atoms with van der Waals surface area (Å²) in [6, 6.07) is 3.17. The molecule has 3 amide bonds. The molecule has 2 saturated heterocycles. The van der Waals surface area contributed by atoms with Crippen molar-refractivity contribution in [2.24, 2.45) is 16.7 Å². The number of carbonyl (C=O) groups is 4. The van der Waals surface area contributed by atoms with Gasteiger partial charge in [-0.3, -0.25) is 19.2 Å². The zero-order valence-electron chi connectivity index (χ0n) is 24.0. The smallest absolute Gasteiger partial charge is 0.310 e. The van der Waals surface area contributed by atoms with Crippen LogP contribution in [0.3, 0.4) is 0 Å². The first-order valence-electron chi connectivity index (χ1n) is 15.1. The van der Waals surface area contributed by atoms with Gasteiger partial charge in [0.2, 0.25) is 17.7 Å². The predicted octanol–water partition coefficient (Wildman–Crippen LogP) is 4.06. The first-order valence-corrected chi connectivity index (χ1v) is 15.4. The summed E-state index contributed by atoms with van der Waals surface area (Å²) in [5.41, 5.74) is 0.672. The topological polar surface area (TPSA) is 107 Å². The zero-order valence-corrected chi connectivity index (χ0v) is 24.8. The van der Waals surface area contributed by atoms with Gasteiger partial charge in [0.25, 0.3) is 0 Å². The van der Waals surface area contributed by atoms with Crippen LogP contribution in [0, 0.1) is 16.7 Å². The average molecular weight is 586 g/mol. The van der Waals surface area contributed by atoms with E-state index in [4.69, 9.17) is 16.3 Å².